The van der Waals surface area contributed by atoms with Crippen LogP contribution in [-0.2, 0) is 4.74 Å². The summed E-state index contributed by atoms with van der Waals surface area (Å²) in [6.07, 6.45) is 16.2. The summed E-state index contributed by atoms with van der Waals surface area (Å²) in [4.78, 5) is 0. The van der Waals surface area contributed by atoms with Gasteiger partial charge in [0.1, 0.15) is 5.72 Å². The molecule has 0 aromatic heterocycles. The predicted molar refractivity (Wildman–Crippen MR) is 139 cm³/mol. The van der Waals surface area contributed by atoms with E-state index in [4.69, 9.17) is 4.74 Å². The molecule has 4 saturated carbocycles. The Kier molecular flexibility index (Phi) is 6.55. The van der Waals surface area contributed by atoms with Crippen LogP contribution in [0.3, 0.4) is 0 Å². The fourth-order valence-electron chi connectivity index (χ4n) is 10.5. The summed E-state index contributed by atoms with van der Waals surface area (Å²) in [5.74, 6) is 6.16. The first-order chi connectivity index (χ1) is 15.9. The van der Waals surface area contributed by atoms with Crippen molar-refractivity contribution in [1.82, 2.24) is 5.06 Å². The Hall–Kier alpha value is -0.120. The van der Waals surface area contributed by atoms with Crippen molar-refractivity contribution in [3.8, 4) is 0 Å². The third-order valence-electron chi connectivity index (χ3n) is 12.5. The quantitative estimate of drug-likeness (QED) is 0.436. The molecule has 3 nitrogen and oxygen atoms in total. The van der Waals surface area contributed by atoms with Gasteiger partial charge in [0.2, 0.25) is 0 Å². The van der Waals surface area contributed by atoms with E-state index in [1.807, 2.05) is 0 Å². The Morgan fingerprint density at radius 3 is 2.26 bits per heavy atom. The van der Waals surface area contributed by atoms with Gasteiger partial charge in [0, 0.05) is 0 Å². The van der Waals surface area contributed by atoms with Crippen LogP contribution < -0.4 is 0 Å². The third kappa shape index (κ3) is 3.85. The van der Waals surface area contributed by atoms with E-state index in [0.29, 0.717) is 23.4 Å². The molecule has 5 rings (SSSR count). The smallest absolute Gasteiger partial charge is 0.144 e. The highest BCUT2D eigenvalue weighted by Gasteiger charge is 2.64. The SMILES string of the molecule is CC(C)CCC[C@@H](C)[C@H]1CC[C@H]2[C@@H]3CC[C@H]4CC5(CC[C@]4(C)[C@H]3CC[C@]12C)OCC(C)(C)N5O. The van der Waals surface area contributed by atoms with Crippen LogP contribution in [0.15, 0.2) is 0 Å². The van der Waals surface area contributed by atoms with Crippen molar-refractivity contribution in [3.63, 3.8) is 0 Å². The lowest BCUT2D eigenvalue weighted by Gasteiger charge is -2.62. The maximum Gasteiger partial charge on any atom is 0.144 e. The number of nitrogens with zero attached hydrogens (tertiary/aromatic N) is 1. The van der Waals surface area contributed by atoms with Gasteiger partial charge in [-0.2, -0.15) is 5.06 Å². The standard InChI is InChI=1S/C31H55NO2/c1-21(2)9-8-10-22(3)25-13-14-26-24-12-11-23-19-31(32(33)28(4,5)20-34-31)18-17-29(23,6)27(24)15-16-30(25,26)7/h21-27,33H,8-20H2,1-7H3/t22-,23+,24+,25-,26+,27+,29+,30-,31?/m1/s1. The second-order valence-corrected chi connectivity index (χ2v) is 15.3. The van der Waals surface area contributed by atoms with Gasteiger partial charge in [0.15, 0.2) is 0 Å². The Balaban J connectivity index is 1.29. The zero-order valence-electron chi connectivity index (χ0n) is 23.5. The molecule has 1 spiro atoms. The average molecular weight is 474 g/mol. The molecule has 1 heterocycles. The normalized spacial score (nSPS) is 49.1. The molecule has 1 saturated heterocycles. The fourth-order valence-corrected chi connectivity index (χ4v) is 10.5. The van der Waals surface area contributed by atoms with Gasteiger partial charge in [-0.25, -0.2) is 0 Å². The van der Waals surface area contributed by atoms with Crippen molar-refractivity contribution in [2.75, 3.05) is 6.61 Å². The van der Waals surface area contributed by atoms with Crippen molar-refractivity contribution in [3.05, 3.63) is 0 Å². The molecule has 34 heavy (non-hydrogen) atoms. The Bertz CT molecular complexity index is 750. The molecule has 196 valence electrons. The van der Waals surface area contributed by atoms with Crippen LogP contribution in [0.4, 0.5) is 0 Å². The Labute approximate surface area is 210 Å². The van der Waals surface area contributed by atoms with E-state index in [1.54, 1.807) is 5.06 Å². The lowest BCUT2D eigenvalue weighted by molar-refractivity contribution is -0.283. The van der Waals surface area contributed by atoms with E-state index in [9.17, 15) is 5.21 Å². The van der Waals surface area contributed by atoms with Crippen molar-refractivity contribution < 1.29 is 9.94 Å². The van der Waals surface area contributed by atoms with E-state index < -0.39 is 5.72 Å². The number of hydrogen-bond donors (Lipinski definition) is 1. The van der Waals surface area contributed by atoms with Gasteiger partial charge in [0.05, 0.1) is 12.1 Å². The van der Waals surface area contributed by atoms with Gasteiger partial charge in [0.25, 0.3) is 0 Å². The fraction of sp³-hybridized carbons (Fsp3) is 1.00. The molecule has 0 bridgehead atoms. The predicted octanol–water partition coefficient (Wildman–Crippen LogP) is 8.30. The second-order valence-electron chi connectivity index (χ2n) is 15.3. The van der Waals surface area contributed by atoms with Crippen LogP contribution in [0.2, 0.25) is 0 Å². The number of hydrogen-bond acceptors (Lipinski definition) is 3. The number of ether oxygens (including phenoxy) is 1. The van der Waals surface area contributed by atoms with E-state index in [-0.39, 0.29) is 5.54 Å². The van der Waals surface area contributed by atoms with Crippen molar-refractivity contribution >= 4 is 0 Å². The van der Waals surface area contributed by atoms with Gasteiger partial charge in [-0.05, 0) is 124 Å². The minimum absolute atomic E-state index is 0.262. The Morgan fingerprint density at radius 1 is 0.853 bits per heavy atom. The molecule has 5 aliphatic rings. The van der Waals surface area contributed by atoms with Gasteiger partial charge >= 0.3 is 0 Å². The molecule has 0 aromatic carbocycles. The van der Waals surface area contributed by atoms with Crippen LogP contribution in [0.5, 0.6) is 0 Å². The number of hydroxylamine groups is 2. The van der Waals surface area contributed by atoms with E-state index in [0.717, 1.165) is 48.3 Å². The molecule has 0 aromatic rings. The van der Waals surface area contributed by atoms with Gasteiger partial charge in [-0.15, -0.1) is 0 Å². The molecule has 1 unspecified atom stereocenters. The molecule has 1 N–H and O–H groups in total. The minimum atomic E-state index is -0.423. The molecular formula is C31H55NO2. The van der Waals surface area contributed by atoms with E-state index >= 15 is 0 Å². The first kappa shape index (κ1) is 25.5. The van der Waals surface area contributed by atoms with Crippen LogP contribution in [-0.4, -0.2) is 28.1 Å². The maximum absolute atomic E-state index is 11.1. The lowest BCUT2D eigenvalue weighted by Crippen LogP contribution is -2.60. The summed E-state index contributed by atoms with van der Waals surface area (Å²) in [7, 11) is 0. The summed E-state index contributed by atoms with van der Waals surface area (Å²) in [5.41, 5.74) is 0.335. The summed E-state index contributed by atoms with van der Waals surface area (Å²) in [6.45, 7) is 17.6. The van der Waals surface area contributed by atoms with E-state index in [1.165, 1.54) is 64.2 Å². The maximum atomic E-state index is 11.1. The highest BCUT2D eigenvalue weighted by Crippen LogP contribution is 2.69. The zero-order valence-corrected chi connectivity index (χ0v) is 23.5. The minimum Gasteiger partial charge on any atom is -0.356 e. The second kappa shape index (κ2) is 8.73. The summed E-state index contributed by atoms with van der Waals surface area (Å²) in [5, 5.41) is 12.7. The van der Waals surface area contributed by atoms with Gasteiger partial charge < -0.3 is 9.94 Å². The molecular weight excluding hydrogens is 418 g/mol. The van der Waals surface area contributed by atoms with Crippen molar-refractivity contribution in [1.29, 1.82) is 0 Å². The first-order valence-corrected chi connectivity index (χ1v) is 15.1. The van der Waals surface area contributed by atoms with Crippen LogP contribution in [0.25, 0.3) is 0 Å². The van der Waals surface area contributed by atoms with E-state index in [2.05, 4.69) is 48.5 Å². The molecule has 9 atom stereocenters. The van der Waals surface area contributed by atoms with Gasteiger partial charge in [-0.1, -0.05) is 53.9 Å². The monoisotopic (exact) mass is 473 g/mol. The zero-order chi connectivity index (χ0) is 24.5. The molecule has 5 fully saturated rings. The molecule has 4 aliphatic carbocycles. The van der Waals surface area contributed by atoms with Crippen molar-refractivity contribution in [2.24, 2.45) is 52.3 Å². The lowest BCUT2D eigenvalue weighted by atomic mass is 9.44. The first-order valence-electron chi connectivity index (χ1n) is 15.1. The third-order valence-corrected chi connectivity index (χ3v) is 12.5. The summed E-state index contributed by atoms with van der Waals surface area (Å²) >= 11 is 0. The Morgan fingerprint density at radius 2 is 1.59 bits per heavy atom. The highest BCUT2D eigenvalue weighted by molar-refractivity contribution is 5.12. The molecule has 0 amide bonds. The summed E-state index contributed by atoms with van der Waals surface area (Å²) < 4.78 is 6.39. The molecule has 1 aliphatic heterocycles. The molecule has 3 heteroatoms. The highest BCUT2D eigenvalue weighted by atomic mass is 16.6. The van der Waals surface area contributed by atoms with Crippen LogP contribution in [0, 0.1) is 52.3 Å². The average Bonchev–Trinajstić information content (AvgIpc) is 3.24. The summed E-state index contributed by atoms with van der Waals surface area (Å²) in [6, 6.07) is 0. The number of fused-ring (bicyclic) bond motifs is 5. The number of rotatable bonds is 5. The molecule has 0 radical (unpaired) electrons. The van der Waals surface area contributed by atoms with Crippen LogP contribution >= 0.6 is 0 Å². The largest absolute Gasteiger partial charge is 0.356 e. The topological polar surface area (TPSA) is 32.7 Å². The van der Waals surface area contributed by atoms with Crippen LogP contribution in [0.1, 0.15) is 126 Å². The van der Waals surface area contributed by atoms with Gasteiger partial charge in [-0.3, -0.25) is 0 Å². The van der Waals surface area contributed by atoms with Crippen molar-refractivity contribution in [2.45, 2.75) is 137 Å².